The van der Waals surface area contributed by atoms with Gasteiger partial charge in [0.25, 0.3) is 11.7 Å². The second-order valence-corrected chi connectivity index (χ2v) is 9.64. The molecule has 0 aliphatic carbocycles. The molecule has 202 valence electrons. The fraction of sp³-hybridized carbons (Fsp3) is 0.290. The Bertz CT molecular complexity index is 1420. The van der Waals surface area contributed by atoms with E-state index in [1.807, 2.05) is 43.3 Å². The summed E-state index contributed by atoms with van der Waals surface area (Å²) in [7, 11) is 4.51. The van der Waals surface area contributed by atoms with Crippen LogP contribution in [0.25, 0.3) is 5.76 Å². The number of carbonyl (C=O) groups is 2. The number of rotatable bonds is 8. The van der Waals surface area contributed by atoms with Gasteiger partial charge in [-0.2, -0.15) is 0 Å². The molecule has 0 spiro atoms. The summed E-state index contributed by atoms with van der Waals surface area (Å²) in [5.74, 6) is 0.236. The fourth-order valence-electron chi connectivity index (χ4n) is 5.34. The second-order valence-electron chi connectivity index (χ2n) is 9.64. The maximum Gasteiger partial charge on any atom is 0.295 e. The zero-order chi connectivity index (χ0) is 27.7. The number of methoxy groups -OCH3 is 3. The van der Waals surface area contributed by atoms with Crippen LogP contribution in [0.4, 0.5) is 0 Å². The molecule has 1 amide bonds. The molecule has 1 fully saturated rings. The standard InChI is InChI=1S/C31H31NO7/c1-18-14-21-15-20(10-11-23(21)39-18)28(33)26-27(22-16-24(36-2)30(38-4)25(17-22)37-3)32(31(35)29(26)34)13-12-19-8-6-5-7-9-19/h5-11,15-18,27,33H,12-14H2,1-4H3/b28-26+. The molecule has 3 aromatic carbocycles. The fourth-order valence-corrected chi connectivity index (χ4v) is 5.34. The third-order valence-corrected chi connectivity index (χ3v) is 7.20. The Morgan fingerprint density at radius 2 is 1.67 bits per heavy atom. The van der Waals surface area contributed by atoms with Crippen molar-refractivity contribution in [1.82, 2.24) is 4.90 Å². The lowest BCUT2D eigenvalue weighted by molar-refractivity contribution is -0.139. The van der Waals surface area contributed by atoms with Gasteiger partial charge in [0.15, 0.2) is 11.5 Å². The van der Waals surface area contributed by atoms with Crippen LogP contribution in [0.3, 0.4) is 0 Å². The third kappa shape index (κ3) is 4.78. The highest BCUT2D eigenvalue weighted by atomic mass is 16.5. The van der Waals surface area contributed by atoms with E-state index in [1.165, 1.54) is 26.2 Å². The minimum Gasteiger partial charge on any atom is -0.507 e. The molecule has 1 N–H and O–H groups in total. The summed E-state index contributed by atoms with van der Waals surface area (Å²) in [5.41, 5.74) is 2.97. The van der Waals surface area contributed by atoms with Gasteiger partial charge in [-0.05, 0) is 60.4 Å². The average molecular weight is 530 g/mol. The number of hydrogen-bond donors (Lipinski definition) is 1. The summed E-state index contributed by atoms with van der Waals surface area (Å²) in [4.78, 5) is 28.5. The summed E-state index contributed by atoms with van der Waals surface area (Å²) >= 11 is 0. The number of hydrogen-bond acceptors (Lipinski definition) is 7. The molecule has 2 aliphatic rings. The minimum absolute atomic E-state index is 0.00856. The van der Waals surface area contributed by atoms with Crippen molar-refractivity contribution in [2.24, 2.45) is 0 Å². The first-order chi connectivity index (χ1) is 18.9. The minimum atomic E-state index is -0.870. The number of ketones is 1. The molecular formula is C31H31NO7. The lowest BCUT2D eigenvalue weighted by Gasteiger charge is -2.26. The predicted octanol–water partition coefficient (Wildman–Crippen LogP) is 4.70. The van der Waals surface area contributed by atoms with Crippen LogP contribution in [0.15, 0.2) is 66.2 Å². The highest BCUT2D eigenvalue weighted by Crippen LogP contribution is 2.46. The van der Waals surface area contributed by atoms with Crippen LogP contribution in [-0.4, -0.2) is 55.7 Å². The lowest BCUT2D eigenvalue weighted by atomic mass is 9.93. The van der Waals surface area contributed by atoms with Gasteiger partial charge in [0.1, 0.15) is 17.6 Å². The van der Waals surface area contributed by atoms with E-state index in [0.29, 0.717) is 41.2 Å². The molecule has 1 saturated heterocycles. The van der Waals surface area contributed by atoms with E-state index in [-0.39, 0.29) is 24.0 Å². The number of aliphatic hydroxyl groups is 1. The second kappa shape index (κ2) is 10.7. The van der Waals surface area contributed by atoms with Crippen LogP contribution in [-0.2, 0) is 22.4 Å². The third-order valence-electron chi connectivity index (χ3n) is 7.20. The Morgan fingerprint density at radius 1 is 0.974 bits per heavy atom. The number of likely N-dealkylation sites (tertiary alicyclic amines) is 1. The summed E-state index contributed by atoms with van der Waals surface area (Å²) in [6.07, 6.45) is 1.25. The van der Waals surface area contributed by atoms with Crippen LogP contribution in [0.5, 0.6) is 23.0 Å². The topological polar surface area (TPSA) is 94.5 Å². The molecule has 0 aromatic heterocycles. The molecule has 39 heavy (non-hydrogen) atoms. The normalized spacial score (nSPS) is 19.5. The molecular weight excluding hydrogens is 498 g/mol. The molecule has 8 heteroatoms. The SMILES string of the molecule is COc1cc(C2/C(=C(\O)c3ccc4c(c3)CC(C)O4)C(=O)C(=O)N2CCc2ccccc2)cc(OC)c1OC. The van der Waals surface area contributed by atoms with Crippen molar-refractivity contribution in [3.63, 3.8) is 0 Å². The Labute approximate surface area is 227 Å². The van der Waals surface area contributed by atoms with Gasteiger partial charge >= 0.3 is 0 Å². The van der Waals surface area contributed by atoms with Gasteiger partial charge in [0.2, 0.25) is 5.75 Å². The van der Waals surface area contributed by atoms with E-state index in [2.05, 4.69) is 0 Å². The van der Waals surface area contributed by atoms with Crippen molar-refractivity contribution in [3.05, 3.63) is 88.5 Å². The van der Waals surface area contributed by atoms with E-state index in [0.717, 1.165) is 16.9 Å². The van der Waals surface area contributed by atoms with Crippen LogP contribution in [0.2, 0.25) is 0 Å². The maximum atomic E-state index is 13.5. The number of fused-ring (bicyclic) bond motifs is 1. The molecule has 2 atom stereocenters. The number of Topliss-reactive ketones (excluding diaryl/α,β-unsaturated/α-hetero) is 1. The van der Waals surface area contributed by atoms with Crippen LogP contribution < -0.4 is 18.9 Å². The molecule has 3 aromatic rings. The molecule has 8 nitrogen and oxygen atoms in total. The molecule has 2 heterocycles. The Morgan fingerprint density at radius 3 is 2.31 bits per heavy atom. The zero-order valence-electron chi connectivity index (χ0n) is 22.4. The molecule has 0 bridgehead atoms. The van der Waals surface area contributed by atoms with Gasteiger partial charge < -0.3 is 29.0 Å². The predicted molar refractivity (Wildman–Crippen MR) is 145 cm³/mol. The van der Waals surface area contributed by atoms with Gasteiger partial charge in [-0.15, -0.1) is 0 Å². The highest BCUT2D eigenvalue weighted by Gasteiger charge is 2.46. The molecule has 0 saturated carbocycles. The van der Waals surface area contributed by atoms with E-state index in [1.54, 1.807) is 24.3 Å². The van der Waals surface area contributed by atoms with Gasteiger partial charge in [0.05, 0.1) is 32.9 Å². The van der Waals surface area contributed by atoms with Crippen molar-refractivity contribution in [1.29, 1.82) is 0 Å². The molecule has 5 rings (SSSR count). The summed E-state index contributed by atoms with van der Waals surface area (Å²) in [6.45, 7) is 2.24. The molecule has 2 unspecified atom stereocenters. The van der Waals surface area contributed by atoms with E-state index >= 15 is 0 Å². The van der Waals surface area contributed by atoms with Gasteiger partial charge in [-0.25, -0.2) is 0 Å². The first-order valence-corrected chi connectivity index (χ1v) is 12.8. The largest absolute Gasteiger partial charge is 0.507 e. The lowest BCUT2D eigenvalue weighted by Crippen LogP contribution is -2.31. The smallest absolute Gasteiger partial charge is 0.295 e. The van der Waals surface area contributed by atoms with Crippen LogP contribution >= 0.6 is 0 Å². The number of amides is 1. The number of aliphatic hydroxyl groups excluding tert-OH is 1. The summed E-state index contributed by atoms with van der Waals surface area (Å²) in [6, 6.07) is 17.6. The average Bonchev–Trinajstić information content (AvgIpc) is 3.46. The van der Waals surface area contributed by atoms with E-state index in [4.69, 9.17) is 18.9 Å². The maximum absolute atomic E-state index is 13.5. The number of ether oxygens (including phenoxy) is 4. The number of nitrogens with zero attached hydrogens (tertiary/aromatic N) is 1. The van der Waals surface area contributed by atoms with Crippen LogP contribution in [0.1, 0.15) is 35.2 Å². The van der Waals surface area contributed by atoms with Gasteiger partial charge in [-0.1, -0.05) is 30.3 Å². The quantitative estimate of drug-likeness (QED) is 0.257. The highest BCUT2D eigenvalue weighted by molar-refractivity contribution is 6.46. The van der Waals surface area contributed by atoms with Crippen molar-refractivity contribution in [3.8, 4) is 23.0 Å². The number of benzene rings is 3. The van der Waals surface area contributed by atoms with E-state index < -0.39 is 17.7 Å². The van der Waals surface area contributed by atoms with Crippen molar-refractivity contribution >= 4 is 17.4 Å². The zero-order valence-corrected chi connectivity index (χ0v) is 22.4. The molecule has 0 radical (unpaired) electrons. The van der Waals surface area contributed by atoms with Gasteiger partial charge in [-0.3, -0.25) is 9.59 Å². The molecule has 2 aliphatic heterocycles. The number of carbonyl (C=O) groups excluding carboxylic acids is 2. The van der Waals surface area contributed by atoms with E-state index in [9.17, 15) is 14.7 Å². The van der Waals surface area contributed by atoms with Gasteiger partial charge in [0, 0.05) is 18.5 Å². The van der Waals surface area contributed by atoms with Crippen molar-refractivity contribution in [2.75, 3.05) is 27.9 Å². The Balaban J connectivity index is 1.65. The van der Waals surface area contributed by atoms with Crippen molar-refractivity contribution in [2.45, 2.75) is 31.9 Å². The van der Waals surface area contributed by atoms with Crippen molar-refractivity contribution < 1.29 is 33.6 Å². The summed E-state index contributed by atoms with van der Waals surface area (Å²) in [5, 5.41) is 11.5. The Kier molecular flexibility index (Phi) is 7.19. The van der Waals surface area contributed by atoms with Crippen LogP contribution in [0, 0.1) is 0 Å². The Hall–Kier alpha value is -4.46. The monoisotopic (exact) mass is 529 g/mol. The first-order valence-electron chi connectivity index (χ1n) is 12.8. The summed E-state index contributed by atoms with van der Waals surface area (Å²) < 4.78 is 22.4. The first kappa shape index (κ1) is 26.2.